The van der Waals surface area contributed by atoms with Crippen LogP contribution in [0.1, 0.15) is 47.9 Å². The lowest BCUT2D eigenvalue weighted by molar-refractivity contribution is -0.275. The molecule has 1 unspecified atom stereocenters. The molecule has 1 aliphatic carbocycles. The molecule has 1 atom stereocenters. The van der Waals surface area contributed by atoms with E-state index < -0.39 is 17.9 Å². The maximum absolute atomic E-state index is 14.6. The van der Waals surface area contributed by atoms with Gasteiger partial charge in [0.05, 0.1) is 0 Å². The molecule has 0 heterocycles. The molecule has 0 aliphatic heterocycles. The molecule has 1 aliphatic rings. The van der Waals surface area contributed by atoms with Gasteiger partial charge < -0.3 is 4.74 Å². The number of hydrogen-bond acceptors (Lipinski definition) is 1. The predicted molar refractivity (Wildman–Crippen MR) is 97.4 cm³/mol. The fourth-order valence-electron chi connectivity index (χ4n) is 3.70. The van der Waals surface area contributed by atoms with Crippen LogP contribution in [0.5, 0.6) is 5.75 Å². The number of benzene rings is 2. The van der Waals surface area contributed by atoms with E-state index in [2.05, 4.69) is 4.74 Å². The minimum Gasteiger partial charge on any atom is -0.403 e. The van der Waals surface area contributed by atoms with Gasteiger partial charge >= 0.3 is 6.36 Å². The Hall–Kier alpha value is -2.37. The third-order valence-corrected chi connectivity index (χ3v) is 5.05. The van der Waals surface area contributed by atoms with Crippen molar-refractivity contribution >= 4 is 0 Å². The molecule has 0 radical (unpaired) electrons. The minimum absolute atomic E-state index is 0.133. The molecule has 0 bridgehead atoms. The Morgan fingerprint density at radius 3 is 2.54 bits per heavy atom. The monoisotopic (exact) mass is 396 g/mol. The van der Waals surface area contributed by atoms with E-state index >= 15 is 0 Å². The first-order valence-corrected chi connectivity index (χ1v) is 9.23. The summed E-state index contributed by atoms with van der Waals surface area (Å²) in [5, 5.41) is 0. The van der Waals surface area contributed by atoms with E-state index in [0.717, 1.165) is 30.5 Å². The molecule has 0 saturated heterocycles. The van der Waals surface area contributed by atoms with E-state index in [1.807, 2.05) is 25.1 Å². The molecule has 28 heavy (non-hydrogen) atoms. The lowest BCUT2D eigenvalue weighted by atomic mass is 9.79. The highest BCUT2D eigenvalue weighted by atomic mass is 19.4. The summed E-state index contributed by atoms with van der Waals surface area (Å²) in [5.41, 5.74) is 2.69. The summed E-state index contributed by atoms with van der Waals surface area (Å²) in [6.07, 6.45) is 2.03. The van der Waals surface area contributed by atoms with Crippen molar-refractivity contribution in [1.29, 1.82) is 0 Å². The molecule has 3 rings (SSSR count). The van der Waals surface area contributed by atoms with Crippen LogP contribution in [0.3, 0.4) is 0 Å². The van der Waals surface area contributed by atoms with E-state index in [0.29, 0.717) is 36.0 Å². The van der Waals surface area contributed by atoms with Crippen molar-refractivity contribution in [3.8, 4) is 5.75 Å². The van der Waals surface area contributed by atoms with Crippen LogP contribution >= 0.6 is 0 Å². The second-order valence-corrected chi connectivity index (χ2v) is 7.00. The zero-order valence-corrected chi connectivity index (χ0v) is 15.5. The topological polar surface area (TPSA) is 9.23 Å². The zero-order valence-electron chi connectivity index (χ0n) is 15.5. The predicted octanol–water partition coefficient (Wildman–Crippen LogP) is 6.64. The Kier molecular flexibility index (Phi) is 6.06. The van der Waals surface area contributed by atoms with Crippen molar-refractivity contribution in [1.82, 2.24) is 0 Å². The number of hydrogen-bond donors (Lipinski definition) is 0. The maximum Gasteiger partial charge on any atom is 0.573 e. The molecule has 2 aromatic carbocycles. The fraction of sp³-hybridized carbons (Fsp3) is 0.364. The summed E-state index contributed by atoms with van der Waals surface area (Å²) >= 11 is 0. The molecule has 2 aromatic rings. The van der Waals surface area contributed by atoms with E-state index in [9.17, 15) is 22.0 Å². The normalized spacial score (nSPS) is 17.0. The number of halogens is 5. The molecule has 6 heteroatoms. The highest BCUT2D eigenvalue weighted by molar-refractivity contribution is 5.41. The Balaban J connectivity index is 1.77. The summed E-state index contributed by atoms with van der Waals surface area (Å²) in [6.45, 7) is 1.94. The van der Waals surface area contributed by atoms with Crippen molar-refractivity contribution in [2.45, 2.75) is 51.3 Å². The molecular formula is C22H21F5O. The number of fused-ring (bicyclic) bond motifs is 1. The van der Waals surface area contributed by atoms with Crippen LogP contribution in [0.2, 0.25) is 0 Å². The Bertz CT molecular complexity index is 870. The molecule has 0 aromatic heterocycles. The van der Waals surface area contributed by atoms with Crippen LogP contribution in [-0.2, 0) is 19.3 Å². The molecule has 0 saturated carbocycles. The SMILES string of the molecule is C/C=C/CCc1ccc(C2CCc3cc(OC(F)(F)F)c(F)cc3C2)c(F)c1. The van der Waals surface area contributed by atoms with Gasteiger partial charge in [0.2, 0.25) is 0 Å². The van der Waals surface area contributed by atoms with Crippen LogP contribution in [-0.4, -0.2) is 6.36 Å². The number of allylic oxidation sites excluding steroid dienone is 2. The average molecular weight is 396 g/mol. The van der Waals surface area contributed by atoms with Crippen LogP contribution in [0.15, 0.2) is 42.5 Å². The average Bonchev–Trinajstić information content (AvgIpc) is 2.61. The fourth-order valence-corrected chi connectivity index (χ4v) is 3.70. The van der Waals surface area contributed by atoms with Crippen molar-refractivity contribution in [3.63, 3.8) is 0 Å². The second-order valence-electron chi connectivity index (χ2n) is 7.00. The van der Waals surface area contributed by atoms with Gasteiger partial charge in [-0.15, -0.1) is 13.2 Å². The van der Waals surface area contributed by atoms with Crippen molar-refractivity contribution in [2.24, 2.45) is 0 Å². The van der Waals surface area contributed by atoms with Crippen molar-refractivity contribution < 1.29 is 26.7 Å². The largest absolute Gasteiger partial charge is 0.573 e. The minimum atomic E-state index is -4.94. The summed E-state index contributed by atoms with van der Waals surface area (Å²) in [5.74, 6) is -2.30. The van der Waals surface area contributed by atoms with Gasteiger partial charge in [-0.2, -0.15) is 0 Å². The molecule has 0 fully saturated rings. The van der Waals surface area contributed by atoms with Crippen LogP contribution in [0.25, 0.3) is 0 Å². The lowest BCUT2D eigenvalue weighted by Crippen LogP contribution is -2.19. The maximum atomic E-state index is 14.6. The van der Waals surface area contributed by atoms with Crippen molar-refractivity contribution in [2.75, 3.05) is 0 Å². The summed E-state index contributed by atoms with van der Waals surface area (Å²) in [7, 11) is 0. The number of ether oxygens (including phenoxy) is 1. The highest BCUT2D eigenvalue weighted by Crippen LogP contribution is 2.37. The third-order valence-electron chi connectivity index (χ3n) is 5.05. The number of alkyl halides is 3. The van der Waals surface area contributed by atoms with Gasteiger partial charge in [0, 0.05) is 0 Å². The molecular weight excluding hydrogens is 375 g/mol. The lowest BCUT2D eigenvalue weighted by Gasteiger charge is -2.26. The first kappa shape index (κ1) is 20.4. The highest BCUT2D eigenvalue weighted by Gasteiger charge is 2.33. The van der Waals surface area contributed by atoms with Gasteiger partial charge in [-0.3, -0.25) is 0 Å². The first-order chi connectivity index (χ1) is 13.3. The van der Waals surface area contributed by atoms with Gasteiger partial charge in [-0.05, 0) is 85.4 Å². The van der Waals surface area contributed by atoms with E-state index in [4.69, 9.17) is 0 Å². The Morgan fingerprint density at radius 2 is 1.86 bits per heavy atom. The quantitative estimate of drug-likeness (QED) is 0.406. The molecule has 0 spiro atoms. The van der Waals surface area contributed by atoms with Crippen LogP contribution < -0.4 is 4.74 Å². The number of rotatable bonds is 5. The van der Waals surface area contributed by atoms with Crippen LogP contribution in [0.4, 0.5) is 22.0 Å². The molecule has 0 N–H and O–H groups in total. The van der Waals surface area contributed by atoms with E-state index in [1.165, 1.54) is 6.07 Å². The van der Waals surface area contributed by atoms with Gasteiger partial charge in [0.25, 0.3) is 0 Å². The smallest absolute Gasteiger partial charge is 0.403 e. The van der Waals surface area contributed by atoms with Gasteiger partial charge in [-0.1, -0.05) is 24.3 Å². The van der Waals surface area contributed by atoms with Crippen LogP contribution in [0, 0.1) is 11.6 Å². The van der Waals surface area contributed by atoms with Gasteiger partial charge in [0.15, 0.2) is 11.6 Å². The van der Waals surface area contributed by atoms with Gasteiger partial charge in [0.1, 0.15) is 5.82 Å². The Labute approximate surface area is 160 Å². The second kappa shape index (κ2) is 8.33. The van der Waals surface area contributed by atoms with Gasteiger partial charge in [-0.25, -0.2) is 8.78 Å². The summed E-state index contributed by atoms with van der Waals surface area (Å²) in [6, 6.07) is 7.39. The van der Waals surface area contributed by atoms with E-state index in [1.54, 1.807) is 6.07 Å². The van der Waals surface area contributed by atoms with Crippen molar-refractivity contribution in [3.05, 3.63) is 76.4 Å². The molecule has 1 nitrogen and oxygen atoms in total. The summed E-state index contributed by atoms with van der Waals surface area (Å²) in [4.78, 5) is 0. The molecule has 0 amide bonds. The molecule has 150 valence electrons. The zero-order chi connectivity index (χ0) is 20.3. The number of aryl methyl sites for hydroxylation is 2. The summed E-state index contributed by atoms with van der Waals surface area (Å²) < 4.78 is 69.5. The Morgan fingerprint density at radius 1 is 1.07 bits per heavy atom. The third kappa shape index (κ3) is 4.91. The standard InChI is InChI=1S/C22H21F5O/c1-2-3-4-5-14-6-9-18(19(23)10-14)16-8-7-15-13-21(28-22(25,26)27)20(24)12-17(15)11-16/h2-3,6,9-10,12-13,16H,4-5,7-8,11H2,1H3/b3-2+. The van der Waals surface area contributed by atoms with E-state index in [-0.39, 0.29) is 11.7 Å². The first-order valence-electron chi connectivity index (χ1n) is 9.23.